The van der Waals surface area contributed by atoms with Gasteiger partial charge in [-0.2, -0.15) is 0 Å². The SMILES string of the molecule is CCc1cccc(C)c1N(c1ccc(/C=C/C=C/c2cccc(OC)c2)cc1)c1ccc(-c2ccc(N(c3ccc(/C=C/C=C/c4cccc(OC)c4)cc3)c3c(CC)cccc3OC)cc2)cc1. The van der Waals surface area contributed by atoms with Crippen LogP contribution in [0.1, 0.15) is 52.8 Å². The molecule has 0 N–H and O–H groups in total. The van der Waals surface area contributed by atoms with Gasteiger partial charge >= 0.3 is 0 Å². The van der Waals surface area contributed by atoms with E-state index in [1.807, 2.05) is 42.5 Å². The highest BCUT2D eigenvalue weighted by atomic mass is 16.5. The molecule has 0 saturated heterocycles. The van der Waals surface area contributed by atoms with Crippen molar-refractivity contribution in [2.75, 3.05) is 31.1 Å². The average Bonchev–Trinajstić information content (AvgIpc) is 3.40. The Balaban J connectivity index is 1.06. The molecule has 344 valence electrons. The van der Waals surface area contributed by atoms with E-state index in [1.54, 1.807) is 21.3 Å². The molecule has 0 aliphatic heterocycles. The normalized spacial score (nSPS) is 11.5. The monoisotopic (exact) mass is 904 g/mol. The van der Waals surface area contributed by atoms with Gasteiger partial charge in [0.15, 0.2) is 0 Å². The molecule has 5 heteroatoms. The first-order valence-corrected chi connectivity index (χ1v) is 23.6. The number of benzene rings is 8. The van der Waals surface area contributed by atoms with Crippen LogP contribution in [-0.2, 0) is 12.8 Å². The smallest absolute Gasteiger partial charge is 0.143 e. The maximum Gasteiger partial charge on any atom is 0.143 e. The van der Waals surface area contributed by atoms with Crippen molar-refractivity contribution >= 4 is 58.4 Å². The lowest BCUT2D eigenvalue weighted by atomic mass is 10.0. The molecule has 5 nitrogen and oxygen atoms in total. The first-order valence-electron chi connectivity index (χ1n) is 23.6. The van der Waals surface area contributed by atoms with Gasteiger partial charge in [0, 0.05) is 22.7 Å². The predicted molar refractivity (Wildman–Crippen MR) is 293 cm³/mol. The summed E-state index contributed by atoms with van der Waals surface area (Å²) < 4.78 is 16.8. The number of rotatable bonds is 18. The van der Waals surface area contributed by atoms with Crippen molar-refractivity contribution in [3.63, 3.8) is 0 Å². The van der Waals surface area contributed by atoms with Crippen LogP contribution in [0.2, 0.25) is 0 Å². The van der Waals surface area contributed by atoms with Gasteiger partial charge in [0.2, 0.25) is 0 Å². The number of para-hydroxylation sites is 2. The summed E-state index contributed by atoms with van der Waals surface area (Å²) in [5, 5.41) is 0. The molecule has 8 rings (SSSR count). The number of ether oxygens (including phenoxy) is 3. The largest absolute Gasteiger partial charge is 0.497 e. The molecule has 0 aliphatic rings. The van der Waals surface area contributed by atoms with Crippen LogP contribution in [0, 0.1) is 6.92 Å². The molecule has 0 amide bonds. The minimum Gasteiger partial charge on any atom is -0.497 e. The standard InChI is InChI=1S/C64H60N2O3/c1-7-52-24-13-17-47(3)63(52)65(56-37-29-48(30-38-56)18-9-11-20-50-22-14-26-60(45-50)67-4)58-41-33-54(34-42-58)55-35-43-59(44-36-55)66(64-53(8-2)25-16-28-62(64)69-6)57-39-31-49(32-40-57)19-10-12-21-51-23-15-27-61(46-51)68-5/h9-46H,7-8H2,1-6H3/b18-9+,19-10+,20-11+,21-12+. The molecular weight excluding hydrogens is 845 g/mol. The lowest BCUT2D eigenvalue weighted by Crippen LogP contribution is -2.13. The topological polar surface area (TPSA) is 34.2 Å². The molecule has 0 bridgehead atoms. The molecule has 8 aromatic rings. The van der Waals surface area contributed by atoms with E-state index in [0.29, 0.717) is 0 Å². The number of allylic oxidation sites excluding steroid dienone is 4. The zero-order valence-corrected chi connectivity index (χ0v) is 40.5. The summed E-state index contributed by atoms with van der Waals surface area (Å²) in [6, 6.07) is 64.3. The Morgan fingerprint density at radius 1 is 0.377 bits per heavy atom. The summed E-state index contributed by atoms with van der Waals surface area (Å²) in [7, 11) is 5.13. The highest BCUT2D eigenvalue weighted by Gasteiger charge is 2.21. The Kier molecular flexibility index (Phi) is 15.7. The van der Waals surface area contributed by atoms with Crippen molar-refractivity contribution in [2.45, 2.75) is 33.6 Å². The van der Waals surface area contributed by atoms with Crippen LogP contribution >= 0.6 is 0 Å². The second kappa shape index (κ2) is 23.0. The Hall–Kier alpha value is -8.28. The van der Waals surface area contributed by atoms with Crippen molar-refractivity contribution in [3.8, 4) is 28.4 Å². The van der Waals surface area contributed by atoms with Crippen molar-refractivity contribution in [2.24, 2.45) is 0 Å². The van der Waals surface area contributed by atoms with Crippen molar-refractivity contribution < 1.29 is 14.2 Å². The van der Waals surface area contributed by atoms with Crippen LogP contribution in [-0.4, -0.2) is 21.3 Å². The third-order valence-corrected chi connectivity index (χ3v) is 12.3. The Labute approximate surface area is 409 Å². The number of hydrogen-bond acceptors (Lipinski definition) is 5. The van der Waals surface area contributed by atoms with Gasteiger partial charge in [-0.1, -0.05) is 166 Å². The average molecular weight is 905 g/mol. The quantitative estimate of drug-likeness (QED) is 0.0802. The summed E-state index contributed by atoms with van der Waals surface area (Å²) in [6.07, 6.45) is 18.5. The fourth-order valence-electron chi connectivity index (χ4n) is 8.64. The number of anilines is 6. The lowest BCUT2D eigenvalue weighted by Gasteiger charge is -2.30. The van der Waals surface area contributed by atoms with Crippen molar-refractivity contribution in [1.82, 2.24) is 0 Å². The summed E-state index contributed by atoms with van der Waals surface area (Å²) in [5.41, 5.74) is 17.0. The van der Waals surface area contributed by atoms with Gasteiger partial charge in [0.1, 0.15) is 17.2 Å². The van der Waals surface area contributed by atoms with Gasteiger partial charge < -0.3 is 24.0 Å². The number of methoxy groups -OCH3 is 3. The zero-order chi connectivity index (χ0) is 48.0. The second-order valence-electron chi connectivity index (χ2n) is 16.7. The lowest BCUT2D eigenvalue weighted by molar-refractivity contribution is 0.414. The summed E-state index contributed by atoms with van der Waals surface area (Å²) in [4.78, 5) is 4.71. The molecule has 0 saturated carbocycles. The summed E-state index contributed by atoms with van der Waals surface area (Å²) in [6.45, 7) is 6.62. The van der Waals surface area contributed by atoms with Gasteiger partial charge in [0.25, 0.3) is 0 Å². The van der Waals surface area contributed by atoms with E-state index >= 15 is 0 Å². The van der Waals surface area contributed by atoms with Crippen LogP contribution in [0.4, 0.5) is 34.1 Å². The molecule has 69 heavy (non-hydrogen) atoms. The van der Waals surface area contributed by atoms with Gasteiger partial charge in [0.05, 0.1) is 32.7 Å². The highest BCUT2D eigenvalue weighted by Crippen LogP contribution is 2.44. The van der Waals surface area contributed by atoms with Gasteiger partial charge in [-0.3, -0.25) is 0 Å². The first-order chi connectivity index (χ1) is 33.9. The minimum absolute atomic E-state index is 0.828. The van der Waals surface area contributed by atoms with Gasteiger partial charge in [-0.15, -0.1) is 0 Å². The van der Waals surface area contributed by atoms with Crippen LogP contribution < -0.4 is 24.0 Å². The Bertz CT molecular complexity index is 3050. The number of aryl methyl sites for hydroxylation is 3. The molecule has 0 radical (unpaired) electrons. The van der Waals surface area contributed by atoms with Gasteiger partial charge in [-0.05, 0) is 149 Å². The van der Waals surface area contributed by atoms with E-state index in [2.05, 4.69) is 219 Å². The predicted octanol–water partition coefficient (Wildman–Crippen LogP) is 17.2. The fourth-order valence-corrected chi connectivity index (χ4v) is 8.64. The maximum absolute atomic E-state index is 6.03. The molecule has 0 heterocycles. The molecular formula is C64H60N2O3. The third kappa shape index (κ3) is 11.5. The van der Waals surface area contributed by atoms with Crippen LogP contribution in [0.25, 0.3) is 35.4 Å². The Morgan fingerprint density at radius 2 is 0.754 bits per heavy atom. The third-order valence-electron chi connectivity index (χ3n) is 12.3. The fraction of sp³-hybridized carbons (Fsp3) is 0.125. The van der Waals surface area contributed by atoms with E-state index in [9.17, 15) is 0 Å². The van der Waals surface area contributed by atoms with Crippen molar-refractivity contribution in [1.29, 1.82) is 0 Å². The van der Waals surface area contributed by atoms with Crippen LogP contribution in [0.3, 0.4) is 0 Å². The zero-order valence-electron chi connectivity index (χ0n) is 40.5. The van der Waals surface area contributed by atoms with Crippen LogP contribution in [0.5, 0.6) is 17.2 Å². The molecule has 8 aromatic carbocycles. The van der Waals surface area contributed by atoms with E-state index in [-0.39, 0.29) is 0 Å². The van der Waals surface area contributed by atoms with Crippen molar-refractivity contribution in [3.05, 3.63) is 245 Å². The minimum atomic E-state index is 0.828. The Morgan fingerprint density at radius 3 is 1.17 bits per heavy atom. The number of nitrogens with zero attached hydrogens (tertiary/aromatic N) is 2. The molecule has 0 aromatic heterocycles. The van der Waals surface area contributed by atoms with E-state index < -0.39 is 0 Å². The number of hydrogen-bond donors (Lipinski definition) is 0. The highest BCUT2D eigenvalue weighted by molar-refractivity contribution is 5.85. The molecule has 0 fully saturated rings. The van der Waals surface area contributed by atoms with E-state index in [0.717, 1.165) is 91.9 Å². The van der Waals surface area contributed by atoms with E-state index in [4.69, 9.17) is 14.2 Å². The maximum atomic E-state index is 6.03. The molecule has 0 atom stereocenters. The van der Waals surface area contributed by atoms with Gasteiger partial charge in [-0.25, -0.2) is 0 Å². The molecule has 0 spiro atoms. The first kappa shape index (κ1) is 47.2. The second-order valence-corrected chi connectivity index (χ2v) is 16.7. The summed E-state index contributed by atoms with van der Waals surface area (Å²) in [5.74, 6) is 2.52. The van der Waals surface area contributed by atoms with E-state index in [1.165, 1.54) is 22.4 Å². The van der Waals surface area contributed by atoms with Crippen LogP contribution in [0.15, 0.2) is 206 Å². The molecule has 0 aliphatic carbocycles. The molecule has 0 unspecified atom stereocenters. The summed E-state index contributed by atoms with van der Waals surface area (Å²) >= 11 is 0.